The number of furan rings is 1. The Morgan fingerprint density at radius 2 is 1.83 bits per heavy atom. The lowest BCUT2D eigenvalue weighted by molar-refractivity contribution is -0.138. The smallest absolute Gasteiger partial charge is 0.416 e. The quantitative estimate of drug-likeness (QED) is 0.838. The highest BCUT2D eigenvalue weighted by atomic mass is 35.5. The maximum absolute atomic E-state index is 13.7. The van der Waals surface area contributed by atoms with Gasteiger partial charge in [0.25, 0.3) is 0 Å². The number of rotatable bonds is 3. The van der Waals surface area contributed by atoms with Gasteiger partial charge in [-0.25, -0.2) is 4.39 Å². The summed E-state index contributed by atoms with van der Waals surface area (Å²) in [5.41, 5.74) is -0.951. The van der Waals surface area contributed by atoms with Crippen molar-refractivity contribution in [2.45, 2.75) is 12.2 Å². The van der Waals surface area contributed by atoms with Gasteiger partial charge in [0, 0.05) is 26.2 Å². The van der Waals surface area contributed by atoms with Crippen molar-refractivity contribution in [3.05, 3.63) is 59.3 Å². The van der Waals surface area contributed by atoms with E-state index < -0.39 is 23.6 Å². The first kappa shape index (κ1) is 18.8. The van der Waals surface area contributed by atoms with E-state index in [0.29, 0.717) is 31.9 Å². The van der Waals surface area contributed by atoms with Gasteiger partial charge in [-0.3, -0.25) is 4.90 Å². The van der Waals surface area contributed by atoms with Crippen molar-refractivity contribution in [2.24, 2.45) is 0 Å². The highest BCUT2D eigenvalue weighted by molar-refractivity contribution is 5.85. The Kier molecular flexibility index (Phi) is 5.90. The van der Waals surface area contributed by atoms with Crippen LogP contribution in [0.2, 0.25) is 0 Å². The molecule has 132 valence electrons. The molecule has 1 saturated heterocycles. The zero-order valence-corrected chi connectivity index (χ0v) is 13.5. The molecule has 0 radical (unpaired) electrons. The lowest BCUT2D eigenvalue weighted by Crippen LogP contribution is -2.45. The molecule has 2 aromatic rings. The Hall–Kier alpha value is -1.57. The van der Waals surface area contributed by atoms with Gasteiger partial charge in [-0.05, 0) is 35.9 Å². The van der Waals surface area contributed by atoms with Gasteiger partial charge in [0.1, 0.15) is 11.6 Å². The van der Waals surface area contributed by atoms with Gasteiger partial charge in [0.05, 0.1) is 17.9 Å². The summed E-state index contributed by atoms with van der Waals surface area (Å²) in [5, 5.41) is 3.15. The molecule has 1 aliphatic rings. The zero-order chi connectivity index (χ0) is 16.4. The molecule has 8 heteroatoms. The molecule has 3 nitrogen and oxygen atoms in total. The number of halogens is 5. The average molecular weight is 365 g/mol. The van der Waals surface area contributed by atoms with E-state index in [4.69, 9.17) is 4.42 Å². The maximum Gasteiger partial charge on any atom is 0.416 e. The molecule has 1 N–H and O–H groups in total. The van der Waals surface area contributed by atoms with Gasteiger partial charge in [-0.2, -0.15) is 13.2 Å². The van der Waals surface area contributed by atoms with E-state index in [9.17, 15) is 17.6 Å². The zero-order valence-electron chi connectivity index (χ0n) is 12.6. The predicted octanol–water partition coefficient (Wildman–Crippen LogP) is 3.85. The van der Waals surface area contributed by atoms with Crippen LogP contribution in [0.4, 0.5) is 17.6 Å². The molecule has 1 fully saturated rings. The van der Waals surface area contributed by atoms with Gasteiger partial charge < -0.3 is 9.73 Å². The summed E-state index contributed by atoms with van der Waals surface area (Å²) in [6.07, 6.45) is -3.14. The van der Waals surface area contributed by atoms with Crippen molar-refractivity contribution in [3.63, 3.8) is 0 Å². The first-order valence-corrected chi connectivity index (χ1v) is 7.31. The molecule has 0 saturated carbocycles. The molecule has 0 bridgehead atoms. The largest absolute Gasteiger partial charge is 0.467 e. The molecular weight excluding hydrogens is 348 g/mol. The summed E-state index contributed by atoms with van der Waals surface area (Å²) in [5.74, 6) is -0.317. The summed E-state index contributed by atoms with van der Waals surface area (Å²) in [7, 11) is 0. The van der Waals surface area contributed by atoms with Gasteiger partial charge in [0.15, 0.2) is 0 Å². The Balaban J connectivity index is 0.00000208. The third-order valence-electron chi connectivity index (χ3n) is 3.94. The summed E-state index contributed by atoms with van der Waals surface area (Å²) in [6, 6.07) is 5.07. The van der Waals surface area contributed by atoms with Gasteiger partial charge in [0.2, 0.25) is 0 Å². The second kappa shape index (κ2) is 7.55. The second-order valence-corrected chi connectivity index (χ2v) is 5.43. The molecule has 1 atom stereocenters. The van der Waals surface area contributed by atoms with Crippen molar-refractivity contribution < 1.29 is 22.0 Å². The molecule has 0 spiro atoms. The fourth-order valence-corrected chi connectivity index (χ4v) is 2.94. The topological polar surface area (TPSA) is 28.4 Å². The molecule has 2 heterocycles. The van der Waals surface area contributed by atoms with Gasteiger partial charge >= 0.3 is 6.18 Å². The number of nitrogens with zero attached hydrogens (tertiary/aromatic N) is 1. The van der Waals surface area contributed by atoms with Crippen molar-refractivity contribution in [2.75, 3.05) is 26.2 Å². The van der Waals surface area contributed by atoms with E-state index in [1.165, 1.54) is 6.26 Å². The van der Waals surface area contributed by atoms with Crippen molar-refractivity contribution in [1.82, 2.24) is 10.2 Å². The molecule has 3 rings (SSSR count). The summed E-state index contributed by atoms with van der Waals surface area (Å²) in [4.78, 5) is 1.87. The van der Waals surface area contributed by atoms with Crippen LogP contribution in [0.5, 0.6) is 0 Å². The van der Waals surface area contributed by atoms with Crippen LogP contribution in [0.1, 0.15) is 22.9 Å². The van der Waals surface area contributed by atoms with Crippen LogP contribution in [-0.4, -0.2) is 31.1 Å². The fourth-order valence-electron chi connectivity index (χ4n) is 2.94. The Morgan fingerprint density at radius 1 is 1.12 bits per heavy atom. The second-order valence-electron chi connectivity index (χ2n) is 5.43. The molecule has 0 unspecified atom stereocenters. The number of nitrogens with one attached hydrogen (secondary N) is 1. The summed E-state index contributed by atoms with van der Waals surface area (Å²) < 4.78 is 59.1. The van der Waals surface area contributed by atoms with E-state index in [1.807, 2.05) is 4.90 Å². The molecule has 1 aromatic carbocycles. The van der Waals surface area contributed by atoms with Crippen molar-refractivity contribution in [1.29, 1.82) is 0 Å². The van der Waals surface area contributed by atoms with Gasteiger partial charge in [-0.1, -0.05) is 0 Å². The molecular formula is C16H17ClF4N2O. The minimum absolute atomic E-state index is 0. The number of hydrogen-bond donors (Lipinski definition) is 1. The lowest BCUT2D eigenvalue weighted by Gasteiger charge is -2.35. The van der Waals surface area contributed by atoms with E-state index >= 15 is 0 Å². The third kappa shape index (κ3) is 3.91. The molecule has 0 aliphatic carbocycles. The minimum atomic E-state index is -4.55. The number of benzene rings is 1. The van der Waals surface area contributed by atoms with Crippen LogP contribution in [0.3, 0.4) is 0 Å². The van der Waals surface area contributed by atoms with E-state index in [-0.39, 0.29) is 18.0 Å². The summed E-state index contributed by atoms with van der Waals surface area (Å²) >= 11 is 0. The van der Waals surface area contributed by atoms with Crippen LogP contribution >= 0.6 is 12.4 Å². The van der Waals surface area contributed by atoms with E-state index in [1.54, 1.807) is 12.1 Å². The lowest BCUT2D eigenvalue weighted by atomic mass is 9.96. The Bertz CT molecular complexity index is 655. The van der Waals surface area contributed by atoms with E-state index in [0.717, 1.165) is 18.2 Å². The highest BCUT2D eigenvalue weighted by Crippen LogP contribution is 2.39. The average Bonchev–Trinajstić information content (AvgIpc) is 3.01. The van der Waals surface area contributed by atoms with Crippen molar-refractivity contribution in [3.8, 4) is 0 Å². The predicted molar refractivity (Wildman–Crippen MR) is 83.6 cm³/mol. The fraction of sp³-hybridized carbons (Fsp3) is 0.375. The standard InChI is InChI=1S/C16H16F4N2O.ClH/c17-11-3-4-13(16(18,19)20)12(10-11)15(14-2-1-9-23-14)22-7-5-21-6-8-22;/h1-4,9-10,15,21H,5-8H2;1H/t15-;/m0./s1. The first-order valence-electron chi connectivity index (χ1n) is 7.31. The maximum atomic E-state index is 13.7. The molecule has 24 heavy (non-hydrogen) atoms. The normalized spacial score (nSPS) is 17.3. The van der Waals surface area contributed by atoms with Crippen LogP contribution in [-0.2, 0) is 6.18 Å². The van der Waals surface area contributed by atoms with Crippen molar-refractivity contribution >= 4 is 12.4 Å². The highest BCUT2D eigenvalue weighted by Gasteiger charge is 2.38. The van der Waals surface area contributed by atoms with Crippen LogP contribution in [0.15, 0.2) is 41.0 Å². The van der Waals surface area contributed by atoms with E-state index in [2.05, 4.69) is 5.32 Å². The summed E-state index contributed by atoms with van der Waals surface area (Å²) in [6.45, 7) is 2.43. The van der Waals surface area contributed by atoms with Crippen LogP contribution in [0.25, 0.3) is 0 Å². The number of piperazine rings is 1. The van der Waals surface area contributed by atoms with Crippen LogP contribution < -0.4 is 5.32 Å². The Labute approximate surface area is 143 Å². The molecule has 1 aromatic heterocycles. The Morgan fingerprint density at radius 3 is 2.42 bits per heavy atom. The SMILES string of the molecule is Cl.Fc1ccc(C(F)(F)F)c([C@@H](c2ccco2)N2CCNCC2)c1. The minimum Gasteiger partial charge on any atom is -0.467 e. The first-order chi connectivity index (χ1) is 11.0. The monoisotopic (exact) mass is 364 g/mol. The number of alkyl halides is 3. The van der Waals surface area contributed by atoms with Gasteiger partial charge in [-0.15, -0.1) is 12.4 Å². The molecule has 0 amide bonds. The number of hydrogen-bond acceptors (Lipinski definition) is 3. The third-order valence-corrected chi connectivity index (χ3v) is 3.94. The molecule has 1 aliphatic heterocycles. The van der Waals surface area contributed by atoms with Crippen LogP contribution in [0, 0.1) is 5.82 Å².